The molecule has 1 aliphatic heterocycles. The molecular formula is C18H18N4O4. The molecule has 0 bridgehead atoms. The maximum absolute atomic E-state index is 12.6. The van der Waals surface area contributed by atoms with Crippen molar-refractivity contribution in [2.75, 3.05) is 18.4 Å². The summed E-state index contributed by atoms with van der Waals surface area (Å²) in [4.78, 5) is 30.5. The zero-order chi connectivity index (χ0) is 18.1. The van der Waals surface area contributed by atoms with E-state index in [2.05, 4.69) is 15.5 Å². The van der Waals surface area contributed by atoms with E-state index in [1.807, 2.05) is 0 Å². The number of hydrogen-bond donors (Lipinski definition) is 1. The van der Waals surface area contributed by atoms with Gasteiger partial charge < -0.3 is 19.2 Å². The van der Waals surface area contributed by atoms with Gasteiger partial charge in [-0.2, -0.15) is 4.98 Å². The van der Waals surface area contributed by atoms with Crippen LogP contribution in [0.15, 0.2) is 44.3 Å². The number of hydrogen-bond acceptors (Lipinski definition) is 6. The van der Waals surface area contributed by atoms with Crippen molar-refractivity contribution in [1.82, 2.24) is 15.0 Å². The summed E-state index contributed by atoms with van der Waals surface area (Å²) in [6.45, 7) is 2.94. The summed E-state index contributed by atoms with van der Waals surface area (Å²) in [7, 11) is 0. The zero-order valence-electron chi connectivity index (χ0n) is 14.3. The number of carbonyl (C=O) groups is 1. The summed E-state index contributed by atoms with van der Waals surface area (Å²) in [6.07, 6.45) is 3.14. The van der Waals surface area contributed by atoms with Crippen LogP contribution in [0, 0.1) is 6.92 Å². The molecule has 1 N–H and O–H groups in total. The monoisotopic (exact) mass is 354 g/mol. The number of piperidine rings is 1. The molecule has 1 aromatic carbocycles. The number of carbonyl (C=O) groups excluding carboxylic acids is 1. The van der Waals surface area contributed by atoms with Gasteiger partial charge in [0.05, 0.1) is 11.6 Å². The van der Waals surface area contributed by atoms with E-state index in [4.69, 9.17) is 8.94 Å². The van der Waals surface area contributed by atoms with E-state index in [1.54, 1.807) is 30.0 Å². The average Bonchev–Trinajstić information content (AvgIpc) is 3.09. The number of aromatic nitrogens is 2. The first-order chi connectivity index (χ1) is 12.6. The molecule has 0 saturated carbocycles. The van der Waals surface area contributed by atoms with E-state index in [-0.39, 0.29) is 17.4 Å². The van der Waals surface area contributed by atoms with Gasteiger partial charge in [0.25, 0.3) is 0 Å². The molecule has 1 fully saturated rings. The highest BCUT2D eigenvalue weighted by atomic mass is 16.5. The highest BCUT2D eigenvalue weighted by Crippen LogP contribution is 2.25. The lowest BCUT2D eigenvalue weighted by atomic mass is 9.98. The fourth-order valence-corrected chi connectivity index (χ4v) is 3.22. The van der Waals surface area contributed by atoms with Crippen LogP contribution in [0.3, 0.4) is 0 Å². The van der Waals surface area contributed by atoms with Crippen molar-refractivity contribution >= 4 is 22.7 Å². The molecule has 1 atom stereocenters. The molecule has 0 spiro atoms. The molecule has 2 amide bonds. The third kappa shape index (κ3) is 3.17. The minimum atomic E-state index is -0.213. The third-order valence-electron chi connectivity index (χ3n) is 4.53. The molecular weight excluding hydrogens is 336 g/mol. The predicted octanol–water partition coefficient (Wildman–Crippen LogP) is 2.90. The summed E-state index contributed by atoms with van der Waals surface area (Å²) in [5.74, 6) is 1.23. The van der Waals surface area contributed by atoms with Gasteiger partial charge in [-0.15, -0.1) is 0 Å². The second kappa shape index (κ2) is 6.62. The molecule has 0 aliphatic carbocycles. The SMILES string of the molecule is Cc1nc([C@@H]2CCCN(C(=O)Nc3ccc4occc(=O)c4c3)C2)no1. The van der Waals surface area contributed by atoms with Crippen LogP contribution in [0.2, 0.25) is 0 Å². The first-order valence-electron chi connectivity index (χ1n) is 8.48. The molecule has 3 aromatic rings. The Kier molecular flexibility index (Phi) is 4.16. The second-order valence-corrected chi connectivity index (χ2v) is 6.38. The number of benzene rings is 1. The zero-order valence-corrected chi connectivity index (χ0v) is 14.3. The summed E-state index contributed by atoms with van der Waals surface area (Å²) in [6, 6.07) is 6.16. The predicted molar refractivity (Wildman–Crippen MR) is 94.1 cm³/mol. The Morgan fingerprint density at radius 1 is 1.35 bits per heavy atom. The number of amides is 2. The lowest BCUT2D eigenvalue weighted by Crippen LogP contribution is -2.41. The molecule has 3 heterocycles. The first-order valence-corrected chi connectivity index (χ1v) is 8.48. The van der Waals surface area contributed by atoms with Crippen LogP contribution in [0.25, 0.3) is 11.0 Å². The van der Waals surface area contributed by atoms with Crippen molar-refractivity contribution in [2.24, 2.45) is 0 Å². The lowest BCUT2D eigenvalue weighted by molar-refractivity contribution is 0.190. The Bertz CT molecular complexity index is 1010. The van der Waals surface area contributed by atoms with Gasteiger partial charge in [0, 0.05) is 37.7 Å². The molecule has 134 valence electrons. The number of urea groups is 1. The standard InChI is InChI=1S/C18H18N4O4/c1-11-19-17(21-26-11)12-3-2-7-22(10-12)18(24)20-13-4-5-16-14(9-13)15(23)6-8-25-16/h4-6,8-9,12H,2-3,7,10H2,1H3,(H,20,24)/t12-/m1/s1. The topological polar surface area (TPSA) is 101 Å². The van der Waals surface area contributed by atoms with Crippen molar-refractivity contribution < 1.29 is 13.7 Å². The van der Waals surface area contributed by atoms with E-state index in [1.165, 1.54) is 12.3 Å². The molecule has 2 aromatic heterocycles. The fraction of sp³-hybridized carbons (Fsp3) is 0.333. The van der Waals surface area contributed by atoms with Gasteiger partial charge in [0.2, 0.25) is 5.89 Å². The molecule has 0 radical (unpaired) electrons. The highest BCUT2D eigenvalue weighted by Gasteiger charge is 2.27. The molecule has 1 saturated heterocycles. The van der Waals surface area contributed by atoms with Crippen LogP contribution in [-0.4, -0.2) is 34.2 Å². The van der Waals surface area contributed by atoms with Crippen LogP contribution < -0.4 is 10.7 Å². The molecule has 0 unspecified atom stereocenters. The fourth-order valence-electron chi connectivity index (χ4n) is 3.22. The van der Waals surface area contributed by atoms with Gasteiger partial charge in [0.15, 0.2) is 11.3 Å². The quantitative estimate of drug-likeness (QED) is 0.759. The Hall–Kier alpha value is -3.16. The van der Waals surface area contributed by atoms with E-state index in [9.17, 15) is 9.59 Å². The minimum absolute atomic E-state index is 0.0654. The van der Waals surface area contributed by atoms with Gasteiger partial charge in [-0.05, 0) is 31.0 Å². The number of anilines is 1. The number of nitrogens with zero attached hydrogens (tertiary/aromatic N) is 3. The van der Waals surface area contributed by atoms with Crippen LogP contribution in [0.5, 0.6) is 0 Å². The van der Waals surface area contributed by atoms with Crippen molar-refractivity contribution in [1.29, 1.82) is 0 Å². The Labute approximate surface area is 148 Å². The summed E-state index contributed by atoms with van der Waals surface area (Å²) in [5, 5.41) is 7.26. The Balaban J connectivity index is 1.49. The number of rotatable bonds is 2. The molecule has 4 rings (SSSR count). The number of likely N-dealkylation sites (tertiary alicyclic amines) is 1. The molecule has 8 nitrogen and oxygen atoms in total. The van der Waals surface area contributed by atoms with Gasteiger partial charge in [-0.3, -0.25) is 4.79 Å². The molecule has 1 aliphatic rings. The van der Waals surface area contributed by atoms with E-state index < -0.39 is 0 Å². The Morgan fingerprint density at radius 3 is 3.04 bits per heavy atom. The van der Waals surface area contributed by atoms with Crippen LogP contribution in [-0.2, 0) is 0 Å². The van der Waals surface area contributed by atoms with Crippen molar-refractivity contribution in [3.8, 4) is 0 Å². The maximum atomic E-state index is 12.6. The van der Waals surface area contributed by atoms with E-state index in [0.717, 1.165) is 12.8 Å². The van der Waals surface area contributed by atoms with E-state index >= 15 is 0 Å². The van der Waals surface area contributed by atoms with E-state index in [0.29, 0.717) is 41.5 Å². The third-order valence-corrected chi connectivity index (χ3v) is 4.53. The van der Waals surface area contributed by atoms with Gasteiger partial charge in [0.1, 0.15) is 5.58 Å². The molecule has 26 heavy (non-hydrogen) atoms. The summed E-state index contributed by atoms with van der Waals surface area (Å²) in [5.41, 5.74) is 0.896. The van der Waals surface area contributed by atoms with Gasteiger partial charge >= 0.3 is 6.03 Å². The molecule has 8 heteroatoms. The van der Waals surface area contributed by atoms with Crippen molar-refractivity contribution in [3.05, 3.63) is 52.5 Å². The van der Waals surface area contributed by atoms with Crippen LogP contribution >= 0.6 is 0 Å². The maximum Gasteiger partial charge on any atom is 0.321 e. The lowest BCUT2D eigenvalue weighted by Gasteiger charge is -2.31. The largest absolute Gasteiger partial charge is 0.464 e. The van der Waals surface area contributed by atoms with Gasteiger partial charge in [-0.1, -0.05) is 5.16 Å². The van der Waals surface area contributed by atoms with Crippen LogP contribution in [0.1, 0.15) is 30.5 Å². The first kappa shape index (κ1) is 16.3. The normalized spacial score (nSPS) is 17.4. The Morgan fingerprint density at radius 2 is 2.23 bits per heavy atom. The number of nitrogens with one attached hydrogen (secondary N) is 1. The minimum Gasteiger partial charge on any atom is -0.464 e. The van der Waals surface area contributed by atoms with Crippen LogP contribution in [0.4, 0.5) is 10.5 Å². The summed E-state index contributed by atoms with van der Waals surface area (Å²) < 4.78 is 10.3. The summed E-state index contributed by atoms with van der Waals surface area (Å²) >= 11 is 0. The van der Waals surface area contributed by atoms with Crippen molar-refractivity contribution in [2.45, 2.75) is 25.7 Å². The highest BCUT2D eigenvalue weighted by molar-refractivity contribution is 5.92. The van der Waals surface area contributed by atoms with Crippen molar-refractivity contribution in [3.63, 3.8) is 0 Å². The second-order valence-electron chi connectivity index (χ2n) is 6.38. The van der Waals surface area contributed by atoms with Gasteiger partial charge in [-0.25, -0.2) is 4.79 Å². The smallest absolute Gasteiger partial charge is 0.321 e. The number of fused-ring (bicyclic) bond motifs is 1. The number of aryl methyl sites for hydroxylation is 1. The average molecular weight is 354 g/mol.